The number of fused-ring (bicyclic) bond motifs is 1. The van der Waals surface area contributed by atoms with Gasteiger partial charge in [0.2, 0.25) is 0 Å². The highest BCUT2D eigenvalue weighted by molar-refractivity contribution is 7.20. The SMILES string of the molecule is Cc1nn(-c2ccc(Cl)cc2)c2sc(C(=O)N[C@@H](C)[C@H](c3cccs3)N3CCCC3)cc12. The fraction of sp³-hybridized carbons (Fsp3) is 0.333. The van der Waals surface area contributed by atoms with Crippen LogP contribution in [0.25, 0.3) is 15.9 Å². The molecule has 1 aromatic carbocycles. The Morgan fingerprint density at radius 3 is 2.62 bits per heavy atom. The van der Waals surface area contributed by atoms with Crippen molar-refractivity contribution in [3.8, 4) is 5.69 Å². The van der Waals surface area contributed by atoms with Gasteiger partial charge in [0, 0.05) is 21.3 Å². The van der Waals surface area contributed by atoms with Gasteiger partial charge in [0.05, 0.1) is 22.3 Å². The Hall–Kier alpha value is -2.19. The van der Waals surface area contributed by atoms with Crippen LogP contribution < -0.4 is 5.32 Å². The molecule has 0 radical (unpaired) electrons. The van der Waals surface area contributed by atoms with Gasteiger partial charge in [-0.1, -0.05) is 17.7 Å². The summed E-state index contributed by atoms with van der Waals surface area (Å²) in [5.41, 5.74) is 1.84. The average molecular weight is 485 g/mol. The first-order valence-corrected chi connectivity index (χ1v) is 12.9. The van der Waals surface area contributed by atoms with Crippen LogP contribution in [-0.4, -0.2) is 39.7 Å². The lowest BCUT2D eigenvalue weighted by Crippen LogP contribution is -2.43. The molecule has 5 nitrogen and oxygen atoms in total. The number of thiophene rings is 2. The number of likely N-dealkylation sites (tertiary alicyclic amines) is 1. The lowest BCUT2D eigenvalue weighted by Gasteiger charge is -2.32. The van der Waals surface area contributed by atoms with Crippen molar-refractivity contribution in [1.29, 1.82) is 0 Å². The predicted molar refractivity (Wildman–Crippen MR) is 133 cm³/mol. The number of aromatic nitrogens is 2. The second-order valence-electron chi connectivity index (χ2n) is 8.27. The maximum absolute atomic E-state index is 13.3. The molecule has 1 fully saturated rings. The maximum atomic E-state index is 13.3. The zero-order chi connectivity index (χ0) is 22.2. The molecule has 1 N–H and O–H groups in total. The van der Waals surface area contributed by atoms with Crippen molar-refractivity contribution >= 4 is 50.4 Å². The number of hydrogen-bond donors (Lipinski definition) is 1. The lowest BCUT2D eigenvalue weighted by molar-refractivity contribution is 0.0912. The van der Waals surface area contributed by atoms with Crippen LogP contribution in [0.2, 0.25) is 5.02 Å². The van der Waals surface area contributed by atoms with E-state index in [1.807, 2.05) is 41.9 Å². The van der Waals surface area contributed by atoms with Crippen molar-refractivity contribution in [2.45, 2.75) is 38.8 Å². The Balaban J connectivity index is 1.41. The third-order valence-electron chi connectivity index (χ3n) is 6.04. The van der Waals surface area contributed by atoms with Gasteiger partial charge < -0.3 is 5.32 Å². The van der Waals surface area contributed by atoms with E-state index < -0.39 is 0 Å². The van der Waals surface area contributed by atoms with Crippen LogP contribution in [0.15, 0.2) is 47.8 Å². The van der Waals surface area contributed by atoms with Gasteiger partial charge >= 0.3 is 0 Å². The van der Waals surface area contributed by atoms with Gasteiger partial charge in [-0.3, -0.25) is 9.69 Å². The Bertz CT molecular complexity index is 1220. The summed E-state index contributed by atoms with van der Waals surface area (Å²) in [6.07, 6.45) is 2.44. The summed E-state index contributed by atoms with van der Waals surface area (Å²) < 4.78 is 1.89. The van der Waals surface area contributed by atoms with Crippen LogP contribution in [0.4, 0.5) is 0 Å². The average Bonchev–Trinajstić information content (AvgIpc) is 3.56. The van der Waals surface area contributed by atoms with E-state index in [0.717, 1.165) is 34.7 Å². The van der Waals surface area contributed by atoms with Gasteiger partial charge in [-0.25, -0.2) is 4.68 Å². The molecule has 1 aliphatic rings. The molecular formula is C24H25ClN4OS2. The highest BCUT2D eigenvalue weighted by Gasteiger charge is 2.30. The van der Waals surface area contributed by atoms with Crippen molar-refractivity contribution in [2.24, 2.45) is 0 Å². The Kier molecular flexibility index (Phi) is 6.07. The van der Waals surface area contributed by atoms with Crippen molar-refractivity contribution < 1.29 is 4.79 Å². The summed E-state index contributed by atoms with van der Waals surface area (Å²) in [6, 6.07) is 14.0. The summed E-state index contributed by atoms with van der Waals surface area (Å²) in [5.74, 6) is -0.0264. The van der Waals surface area contributed by atoms with E-state index >= 15 is 0 Å². The van der Waals surface area contributed by atoms with Crippen LogP contribution in [-0.2, 0) is 0 Å². The minimum absolute atomic E-state index is 0.0123. The molecule has 8 heteroatoms. The number of carbonyl (C=O) groups is 1. The molecule has 2 atom stereocenters. The van der Waals surface area contributed by atoms with Gasteiger partial charge in [0.15, 0.2) is 0 Å². The third-order valence-corrected chi connectivity index (χ3v) is 8.35. The second-order valence-corrected chi connectivity index (χ2v) is 10.7. The summed E-state index contributed by atoms with van der Waals surface area (Å²) in [5, 5.41) is 11.8. The monoisotopic (exact) mass is 484 g/mol. The van der Waals surface area contributed by atoms with E-state index in [1.165, 1.54) is 29.1 Å². The molecule has 0 unspecified atom stereocenters. The van der Waals surface area contributed by atoms with Crippen LogP contribution >= 0.6 is 34.3 Å². The van der Waals surface area contributed by atoms with Crippen LogP contribution in [0, 0.1) is 6.92 Å². The highest BCUT2D eigenvalue weighted by atomic mass is 35.5. The first-order valence-electron chi connectivity index (χ1n) is 10.8. The molecular weight excluding hydrogens is 460 g/mol. The number of nitrogens with one attached hydrogen (secondary N) is 1. The van der Waals surface area contributed by atoms with E-state index in [9.17, 15) is 4.79 Å². The molecule has 4 heterocycles. The smallest absolute Gasteiger partial charge is 0.261 e. The van der Waals surface area contributed by atoms with Crippen LogP contribution in [0.3, 0.4) is 0 Å². The molecule has 5 rings (SSSR count). The van der Waals surface area contributed by atoms with Crippen molar-refractivity contribution in [3.63, 3.8) is 0 Å². The summed E-state index contributed by atoms with van der Waals surface area (Å²) in [6.45, 7) is 6.27. The fourth-order valence-electron chi connectivity index (χ4n) is 4.50. The molecule has 166 valence electrons. The highest BCUT2D eigenvalue weighted by Crippen LogP contribution is 2.33. The van der Waals surface area contributed by atoms with Gasteiger partial charge in [-0.2, -0.15) is 5.10 Å². The molecule has 3 aromatic heterocycles. The molecule has 0 spiro atoms. The Morgan fingerprint density at radius 1 is 1.19 bits per heavy atom. The number of rotatable bonds is 6. The van der Waals surface area contributed by atoms with E-state index in [-0.39, 0.29) is 18.0 Å². The predicted octanol–water partition coefficient (Wildman–Crippen LogP) is 6.07. The number of carbonyl (C=O) groups excluding carboxylic acids is 1. The van der Waals surface area contributed by atoms with Crippen molar-refractivity contribution in [1.82, 2.24) is 20.0 Å². The normalized spacial score (nSPS) is 16.5. The standard InChI is InChI=1S/C24H25ClN4OS2/c1-15-19-14-21(32-24(19)29(27-15)18-9-7-17(25)8-10-18)23(30)26-16(2)22(20-6-5-13-31-20)28-11-3-4-12-28/h5-10,13-14,16,22H,3-4,11-12H2,1-2H3,(H,26,30)/t16-,22+/m0/s1. The van der Waals surface area contributed by atoms with E-state index in [1.54, 1.807) is 11.3 Å². The molecule has 1 saturated heterocycles. The number of amides is 1. The second kappa shape index (κ2) is 8.98. The zero-order valence-electron chi connectivity index (χ0n) is 18.0. The quantitative estimate of drug-likeness (QED) is 0.361. The Labute approximate surface area is 200 Å². The summed E-state index contributed by atoms with van der Waals surface area (Å²) >= 11 is 9.29. The van der Waals surface area contributed by atoms with Gasteiger partial charge in [0.25, 0.3) is 5.91 Å². The molecule has 4 aromatic rings. The van der Waals surface area contributed by atoms with E-state index in [2.05, 4.69) is 39.8 Å². The van der Waals surface area contributed by atoms with Gasteiger partial charge in [-0.05, 0) is 81.6 Å². The molecule has 1 aliphatic heterocycles. The van der Waals surface area contributed by atoms with E-state index in [0.29, 0.717) is 9.90 Å². The molecule has 0 aliphatic carbocycles. The van der Waals surface area contributed by atoms with Crippen LogP contribution in [0.1, 0.15) is 46.0 Å². The molecule has 0 saturated carbocycles. The largest absolute Gasteiger partial charge is 0.347 e. The number of halogens is 1. The molecule has 32 heavy (non-hydrogen) atoms. The molecule has 1 amide bonds. The van der Waals surface area contributed by atoms with Gasteiger partial charge in [0.1, 0.15) is 4.83 Å². The van der Waals surface area contributed by atoms with E-state index in [4.69, 9.17) is 11.6 Å². The summed E-state index contributed by atoms with van der Waals surface area (Å²) in [4.78, 5) is 18.7. The minimum atomic E-state index is -0.0264. The first-order chi connectivity index (χ1) is 15.5. The number of aryl methyl sites for hydroxylation is 1. The van der Waals surface area contributed by atoms with Gasteiger partial charge in [-0.15, -0.1) is 22.7 Å². The Morgan fingerprint density at radius 2 is 1.94 bits per heavy atom. The fourth-order valence-corrected chi connectivity index (χ4v) is 6.67. The van der Waals surface area contributed by atoms with Crippen molar-refractivity contribution in [3.05, 3.63) is 68.3 Å². The number of nitrogens with zero attached hydrogens (tertiary/aromatic N) is 3. The molecule has 0 bridgehead atoms. The van der Waals surface area contributed by atoms with Crippen LogP contribution in [0.5, 0.6) is 0 Å². The zero-order valence-corrected chi connectivity index (χ0v) is 20.4. The minimum Gasteiger partial charge on any atom is -0.347 e. The maximum Gasteiger partial charge on any atom is 0.261 e. The lowest BCUT2D eigenvalue weighted by atomic mass is 10.1. The number of benzene rings is 1. The first kappa shape index (κ1) is 21.6. The number of hydrogen-bond acceptors (Lipinski definition) is 5. The summed E-state index contributed by atoms with van der Waals surface area (Å²) in [7, 11) is 0. The topological polar surface area (TPSA) is 50.2 Å². The third kappa shape index (κ3) is 4.10. The van der Waals surface area contributed by atoms with Crippen molar-refractivity contribution in [2.75, 3.05) is 13.1 Å².